The second-order valence-electron chi connectivity index (χ2n) is 12.2. The quantitative estimate of drug-likeness (QED) is 0.233. The minimum Gasteiger partial charge on any atom is -0.379 e. The zero-order chi connectivity index (χ0) is 30.6. The molecule has 0 spiro atoms. The van der Waals surface area contributed by atoms with Gasteiger partial charge in [-0.1, -0.05) is 18.2 Å². The first-order valence-electron chi connectivity index (χ1n) is 15.6. The van der Waals surface area contributed by atoms with Crippen LogP contribution in [0.4, 0.5) is 14.5 Å². The van der Waals surface area contributed by atoms with Crippen molar-refractivity contribution < 1.29 is 27.4 Å². The van der Waals surface area contributed by atoms with Crippen LogP contribution in [0.25, 0.3) is 0 Å². The molecule has 3 fully saturated rings. The first-order valence-corrected chi connectivity index (χ1v) is 17.3. The SMILES string of the molecule is CCOC1CCC([C@H](c2ccc(F)cc2)[C@H](N)C(=O)Nc2cccc(F)c2CC[C@H]2CN[C@@H]3CCCS(O)(O)N2C3)CC1. The molecule has 6 N–H and O–H groups in total. The van der Waals surface area contributed by atoms with Crippen LogP contribution in [0, 0.1) is 17.6 Å². The number of carbonyl (C=O) groups is 1. The number of ether oxygens (including phenoxy) is 1. The van der Waals surface area contributed by atoms with Gasteiger partial charge >= 0.3 is 0 Å². The summed E-state index contributed by atoms with van der Waals surface area (Å²) in [5.74, 6) is -1.07. The van der Waals surface area contributed by atoms with Crippen LogP contribution in [0.5, 0.6) is 0 Å². The van der Waals surface area contributed by atoms with E-state index in [4.69, 9.17) is 10.5 Å². The largest absolute Gasteiger partial charge is 0.379 e. The number of piperazine rings is 1. The standard InChI is InChI=1S/C32H46F2N4O4S/c1-2-42-26-15-10-22(11-16-26)30(21-8-12-23(33)13-9-21)31(35)32(39)37-29-7-3-6-28(34)27(29)17-14-25-19-36-24-5-4-18-43(40,41)38(25)20-24/h3,6-9,12-13,22,24-26,30-31,36,40-41H,2,4-5,10-11,14-20,35H2,1H3,(H,37,39)/t22?,24-,25+,26?,30+,31+/m1/s1. The lowest BCUT2D eigenvalue weighted by molar-refractivity contribution is -0.118. The number of carbonyl (C=O) groups excluding carboxylic acids is 1. The number of fused-ring (bicyclic) bond motifs is 2. The van der Waals surface area contributed by atoms with Crippen molar-refractivity contribution in [2.45, 2.75) is 88.4 Å². The lowest BCUT2D eigenvalue weighted by Crippen LogP contribution is -2.55. The lowest BCUT2D eigenvalue weighted by atomic mass is 9.72. The van der Waals surface area contributed by atoms with E-state index in [0.717, 1.165) is 44.1 Å². The molecule has 0 radical (unpaired) electrons. The molecule has 1 amide bonds. The first kappa shape index (κ1) is 32.3. The zero-order valence-electron chi connectivity index (χ0n) is 24.9. The third-order valence-corrected chi connectivity index (χ3v) is 11.5. The normalized spacial score (nSPS) is 29.2. The van der Waals surface area contributed by atoms with E-state index in [9.17, 15) is 18.3 Å². The second kappa shape index (κ2) is 14.3. The van der Waals surface area contributed by atoms with Crippen LogP contribution in [-0.2, 0) is 16.0 Å². The Morgan fingerprint density at radius 2 is 1.88 bits per heavy atom. The van der Waals surface area contributed by atoms with E-state index in [1.54, 1.807) is 24.3 Å². The summed E-state index contributed by atoms with van der Waals surface area (Å²) in [6.45, 7) is 3.79. The van der Waals surface area contributed by atoms with E-state index in [2.05, 4.69) is 10.6 Å². The highest BCUT2D eigenvalue weighted by molar-refractivity contribution is 8.22. The molecule has 1 unspecified atom stereocenters. The topological polar surface area (TPSA) is 120 Å². The summed E-state index contributed by atoms with van der Waals surface area (Å²) in [5.41, 5.74) is 8.22. The van der Waals surface area contributed by atoms with Gasteiger partial charge < -0.3 is 21.1 Å². The Morgan fingerprint density at radius 1 is 1.14 bits per heavy atom. The molecule has 8 nitrogen and oxygen atoms in total. The third kappa shape index (κ3) is 7.76. The highest BCUT2D eigenvalue weighted by Gasteiger charge is 2.39. The van der Waals surface area contributed by atoms with Gasteiger partial charge in [0.25, 0.3) is 0 Å². The lowest BCUT2D eigenvalue weighted by Gasteiger charge is -2.49. The van der Waals surface area contributed by atoms with Crippen molar-refractivity contribution >= 4 is 22.4 Å². The molecular formula is C32H46F2N4O4S. The highest BCUT2D eigenvalue weighted by atomic mass is 32.3. The molecule has 1 aliphatic carbocycles. The number of rotatable bonds is 10. The van der Waals surface area contributed by atoms with Gasteiger partial charge in [-0.3, -0.25) is 13.9 Å². The van der Waals surface area contributed by atoms with Gasteiger partial charge in [0.1, 0.15) is 11.6 Å². The van der Waals surface area contributed by atoms with Crippen molar-refractivity contribution in [1.29, 1.82) is 0 Å². The van der Waals surface area contributed by atoms with Gasteiger partial charge in [0.05, 0.1) is 17.9 Å². The molecule has 5 rings (SSSR count). The van der Waals surface area contributed by atoms with E-state index in [-0.39, 0.29) is 35.8 Å². The van der Waals surface area contributed by atoms with E-state index in [1.165, 1.54) is 18.2 Å². The fraction of sp³-hybridized carbons (Fsp3) is 0.594. The Balaban J connectivity index is 1.31. The Morgan fingerprint density at radius 3 is 2.60 bits per heavy atom. The number of nitrogens with two attached hydrogens (primary N) is 1. The summed E-state index contributed by atoms with van der Waals surface area (Å²) >= 11 is 0. The van der Waals surface area contributed by atoms with Crippen molar-refractivity contribution in [3.8, 4) is 0 Å². The number of hydrogen-bond donors (Lipinski definition) is 5. The number of nitrogens with zero attached hydrogens (tertiary/aromatic N) is 1. The van der Waals surface area contributed by atoms with Gasteiger partial charge in [0.2, 0.25) is 5.91 Å². The maximum absolute atomic E-state index is 15.2. The summed E-state index contributed by atoms with van der Waals surface area (Å²) in [6, 6.07) is 9.92. The van der Waals surface area contributed by atoms with Crippen LogP contribution in [0.1, 0.15) is 68.9 Å². The molecule has 3 aliphatic rings. The number of halogens is 2. The van der Waals surface area contributed by atoms with E-state index < -0.39 is 28.5 Å². The van der Waals surface area contributed by atoms with Crippen LogP contribution >= 0.6 is 10.8 Å². The van der Waals surface area contributed by atoms with Gasteiger partial charge in [-0.2, -0.15) is 0 Å². The number of amides is 1. The van der Waals surface area contributed by atoms with Crippen molar-refractivity contribution in [2.75, 3.05) is 30.8 Å². The molecule has 2 aliphatic heterocycles. The predicted molar refractivity (Wildman–Crippen MR) is 167 cm³/mol. The van der Waals surface area contributed by atoms with Crippen LogP contribution in [0.3, 0.4) is 0 Å². The number of anilines is 1. The Bertz CT molecular complexity index is 1230. The summed E-state index contributed by atoms with van der Waals surface area (Å²) < 4.78 is 58.2. The van der Waals surface area contributed by atoms with Crippen molar-refractivity contribution in [3.05, 3.63) is 65.2 Å². The Kier molecular flexibility index (Phi) is 10.8. The minimum absolute atomic E-state index is 0.117. The average molecular weight is 621 g/mol. The first-order chi connectivity index (χ1) is 20.7. The molecule has 2 saturated heterocycles. The van der Waals surface area contributed by atoms with Crippen LogP contribution < -0.4 is 16.4 Å². The molecular weight excluding hydrogens is 574 g/mol. The van der Waals surface area contributed by atoms with Crippen molar-refractivity contribution in [3.63, 3.8) is 0 Å². The number of nitrogens with one attached hydrogen (secondary N) is 2. The molecule has 43 heavy (non-hydrogen) atoms. The van der Waals surface area contributed by atoms with E-state index in [0.29, 0.717) is 49.5 Å². The van der Waals surface area contributed by atoms with Gasteiger partial charge in [0, 0.05) is 48.9 Å². The van der Waals surface area contributed by atoms with Crippen LogP contribution in [0.15, 0.2) is 42.5 Å². The smallest absolute Gasteiger partial charge is 0.241 e. The maximum Gasteiger partial charge on any atom is 0.241 e. The summed E-state index contributed by atoms with van der Waals surface area (Å²) in [5, 5.41) is 6.41. The van der Waals surface area contributed by atoms with Crippen LogP contribution in [0.2, 0.25) is 0 Å². The van der Waals surface area contributed by atoms with Gasteiger partial charge in [-0.15, -0.1) is 10.8 Å². The summed E-state index contributed by atoms with van der Waals surface area (Å²) in [6.07, 6.45) is 6.06. The third-order valence-electron chi connectivity index (χ3n) is 9.47. The molecule has 2 bridgehead atoms. The molecule has 2 heterocycles. The van der Waals surface area contributed by atoms with Crippen LogP contribution in [-0.4, -0.2) is 69.0 Å². The molecule has 0 aromatic heterocycles. The van der Waals surface area contributed by atoms with Crippen molar-refractivity contribution in [1.82, 2.24) is 9.62 Å². The predicted octanol–water partition coefficient (Wildman–Crippen LogP) is 5.64. The molecule has 5 atom stereocenters. The molecule has 1 saturated carbocycles. The minimum atomic E-state index is -2.87. The fourth-order valence-corrected chi connectivity index (χ4v) is 9.07. The van der Waals surface area contributed by atoms with E-state index in [1.807, 2.05) is 11.2 Å². The van der Waals surface area contributed by atoms with Gasteiger partial charge in [-0.05, 0) is 94.0 Å². The highest BCUT2D eigenvalue weighted by Crippen LogP contribution is 2.49. The Labute approximate surface area is 255 Å². The Hall–Kier alpha value is -2.12. The van der Waals surface area contributed by atoms with Gasteiger partial charge in [-0.25, -0.2) is 13.1 Å². The number of hydrogen-bond acceptors (Lipinski definition) is 7. The summed E-state index contributed by atoms with van der Waals surface area (Å²) in [7, 11) is -2.87. The fourth-order valence-electron chi connectivity index (χ4n) is 7.20. The maximum atomic E-state index is 15.2. The number of benzene rings is 2. The molecule has 11 heteroatoms. The average Bonchev–Trinajstić information content (AvgIpc) is 3.10. The van der Waals surface area contributed by atoms with Crippen molar-refractivity contribution in [2.24, 2.45) is 11.7 Å². The van der Waals surface area contributed by atoms with Gasteiger partial charge in [0.15, 0.2) is 0 Å². The second-order valence-corrected chi connectivity index (χ2v) is 14.4. The monoisotopic (exact) mass is 620 g/mol. The molecule has 2 aromatic rings. The van der Waals surface area contributed by atoms with E-state index >= 15 is 4.39 Å². The zero-order valence-corrected chi connectivity index (χ0v) is 25.7. The summed E-state index contributed by atoms with van der Waals surface area (Å²) in [4.78, 5) is 13.7. The molecule has 2 aromatic carbocycles. The molecule has 238 valence electrons.